The van der Waals surface area contributed by atoms with Crippen LogP contribution in [0, 0.1) is 5.92 Å². The predicted molar refractivity (Wildman–Crippen MR) is 60.3 cm³/mol. The van der Waals surface area contributed by atoms with Gasteiger partial charge in [-0.2, -0.15) is 0 Å². The SMILES string of the molecule is CCCC(C)CN(CCBr)CC(F)F. The molecular weight excluding hydrogens is 252 g/mol. The van der Waals surface area contributed by atoms with Crippen LogP contribution in [-0.4, -0.2) is 36.3 Å². The van der Waals surface area contributed by atoms with Gasteiger partial charge in [0.2, 0.25) is 0 Å². The Balaban J connectivity index is 3.81. The van der Waals surface area contributed by atoms with Gasteiger partial charge in [0.05, 0.1) is 6.54 Å². The van der Waals surface area contributed by atoms with Crippen LogP contribution < -0.4 is 0 Å². The first kappa shape index (κ1) is 14.3. The van der Waals surface area contributed by atoms with Crippen molar-refractivity contribution in [2.24, 2.45) is 5.92 Å². The second-order valence-corrected chi connectivity index (χ2v) is 4.53. The highest BCUT2D eigenvalue weighted by atomic mass is 79.9. The van der Waals surface area contributed by atoms with Crippen LogP contribution in [0.25, 0.3) is 0 Å². The third-order valence-corrected chi connectivity index (χ3v) is 2.50. The lowest BCUT2D eigenvalue weighted by atomic mass is 10.1. The molecule has 4 heteroatoms. The molecule has 86 valence electrons. The van der Waals surface area contributed by atoms with E-state index in [1.807, 2.05) is 4.90 Å². The van der Waals surface area contributed by atoms with Crippen LogP contribution in [-0.2, 0) is 0 Å². The molecule has 0 fully saturated rings. The van der Waals surface area contributed by atoms with E-state index in [0.29, 0.717) is 12.5 Å². The monoisotopic (exact) mass is 271 g/mol. The fourth-order valence-electron chi connectivity index (χ4n) is 1.60. The molecule has 0 bridgehead atoms. The van der Waals surface area contributed by atoms with Crippen LogP contribution in [0.3, 0.4) is 0 Å². The molecule has 0 aliphatic carbocycles. The zero-order valence-electron chi connectivity index (χ0n) is 8.98. The Hall–Kier alpha value is 0.300. The minimum atomic E-state index is -2.22. The molecule has 1 nitrogen and oxygen atoms in total. The van der Waals surface area contributed by atoms with Crippen molar-refractivity contribution in [2.75, 3.05) is 25.0 Å². The second-order valence-electron chi connectivity index (χ2n) is 3.73. The van der Waals surface area contributed by atoms with Crippen molar-refractivity contribution in [1.29, 1.82) is 0 Å². The fourth-order valence-corrected chi connectivity index (χ4v) is 2.10. The Morgan fingerprint density at radius 1 is 1.29 bits per heavy atom. The molecular formula is C10H20BrF2N. The van der Waals surface area contributed by atoms with E-state index >= 15 is 0 Å². The number of nitrogens with zero attached hydrogens (tertiary/aromatic N) is 1. The first-order chi connectivity index (χ1) is 6.60. The Morgan fingerprint density at radius 2 is 1.93 bits per heavy atom. The van der Waals surface area contributed by atoms with E-state index in [9.17, 15) is 8.78 Å². The normalized spacial score (nSPS) is 13.9. The zero-order valence-corrected chi connectivity index (χ0v) is 10.6. The van der Waals surface area contributed by atoms with Crippen molar-refractivity contribution in [2.45, 2.75) is 33.1 Å². The lowest BCUT2D eigenvalue weighted by Crippen LogP contribution is -2.34. The predicted octanol–water partition coefficient (Wildman–Crippen LogP) is 3.38. The molecule has 0 aliphatic rings. The first-order valence-corrected chi connectivity index (χ1v) is 6.28. The molecule has 1 atom stereocenters. The van der Waals surface area contributed by atoms with E-state index in [1.165, 1.54) is 0 Å². The summed E-state index contributed by atoms with van der Waals surface area (Å²) >= 11 is 3.28. The van der Waals surface area contributed by atoms with Crippen LogP contribution in [0.15, 0.2) is 0 Å². The topological polar surface area (TPSA) is 3.24 Å². The number of hydrogen-bond donors (Lipinski definition) is 0. The molecule has 0 amide bonds. The fraction of sp³-hybridized carbons (Fsp3) is 1.00. The molecule has 0 rings (SSSR count). The van der Waals surface area contributed by atoms with Gasteiger partial charge in [0.15, 0.2) is 0 Å². The van der Waals surface area contributed by atoms with Gasteiger partial charge in [0.25, 0.3) is 6.43 Å². The molecule has 0 radical (unpaired) electrons. The van der Waals surface area contributed by atoms with Gasteiger partial charge in [0.1, 0.15) is 0 Å². The number of hydrogen-bond acceptors (Lipinski definition) is 1. The average molecular weight is 272 g/mol. The molecule has 0 N–H and O–H groups in total. The van der Waals surface area contributed by atoms with Gasteiger partial charge in [-0.1, -0.05) is 36.2 Å². The van der Waals surface area contributed by atoms with Gasteiger partial charge < -0.3 is 0 Å². The summed E-state index contributed by atoms with van der Waals surface area (Å²) in [5, 5.41) is 0.762. The lowest BCUT2D eigenvalue weighted by molar-refractivity contribution is 0.0840. The van der Waals surface area contributed by atoms with Gasteiger partial charge in [-0.15, -0.1) is 0 Å². The van der Waals surface area contributed by atoms with Gasteiger partial charge in [-0.25, -0.2) is 8.78 Å². The highest BCUT2D eigenvalue weighted by Crippen LogP contribution is 2.09. The Labute approximate surface area is 94.0 Å². The molecule has 0 heterocycles. The number of rotatable bonds is 8. The largest absolute Gasteiger partial charge is 0.297 e. The summed E-state index contributed by atoms with van der Waals surface area (Å²) in [5.74, 6) is 0.512. The van der Waals surface area contributed by atoms with E-state index in [0.717, 1.165) is 24.7 Å². The van der Waals surface area contributed by atoms with Gasteiger partial charge in [-0.3, -0.25) is 4.90 Å². The maximum absolute atomic E-state index is 12.2. The Morgan fingerprint density at radius 3 is 2.36 bits per heavy atom. The number of alkyl halides is 3. The van der Waals surface area contributed by atoms with Crippen molar-refractivity contribution in [3.63, 3.8) is 0 Å². The lowest BCUT2D eigenvalue weighted by Gasteiger charge is -2.24. The van der Waals surface area contributed by atoms with Crippen molar-refractivity contribution < 1.29 is 8.78 Å². The van der Waals surface area contributed by atoms with E-state index in [2.05, 4.69) is 29.8 Å². The van der Waals surface area contributed by atoms with Crippen LogP contribution in [0.5, 0.6) is 0 Å². The summed E-state index contributed by atoms with van der Waals surface area (Å²) in [5.41, 5.74) is 0. The number of halogens is 3. The summed E-state index contributed by atoms with van der Waals surface area (Å²) in [6, 6.07) is 0. The maximum Gasteiger partial charge on any atom is 0.251 e. The van der Waals surface area contributed by atoms with Crippen LogP contribution in [0.4, 0.5) is 8.78 Å². The second kappa shape index (κ2) is 8.60. The molecule has 0 spiro atoms. The standard InChI is InChI=1S/C10H20BrF2N/c1-3-4-9(2)7-14(6-5-11)8-10(12)13/h9-10H,3-8H2,1-2H3. The molecule has 0 aromatic rings. The zero-order chi connectivity index (χ0) is 11.0. The molecule has 14 heavy (non-hydrogen) atoms. The summed E-state index contributed by atoms with van der Waals surface area (Å²) in [6.07, 6.45) is 0.0166. The van der Waals surface area contributed by atoms with E-state index in [4.69, 9.17) is 0 Å². The first-order valence-electron chi connectivity index (χ1n) is 5.16. The van der Waals surface area contributed by atoms with Gasteiger partial charge >= 0.3 is 0 Å². The van der Waals surface area contributed by atoms with Gasteiger partial charge in [0, 0.05) is 18.4 Å². The Bertz CT molecular complexity index is 133. The smallest absolute Gasteiger partial charge is 0.251 e. The van der Waals surface area contributed by atoms with Crippen molar-refractivity contribution in [3.8, 4) is 0 Å². The average Bonchev–Trinajstić information content (AvgIpc) is 2.03. The Kier molecular flexibility index (Phi) is 8.78. The summed E-state index contributed by atoms with van der Waals surface area (Å²) in [6.45, 7) is 5.64. The highest BCUT2D eigenvalue weighted by molar-refractivity contribution is 9.09. The van der Waals surface area contributed by atoms with Crippen molar-refractivity contribution in [1.82, 2.24) is 4.90 Å². The molecule has 0 aromatic carbocycles. The summed E-state index contributed by atoms with van der Waals surface area (Å²) in [4.78, 5) is 1.83. The third-order valence-electron chi connectivity index (χ3n) is 2.15. The van der Waals surface area contributed by atoms with Crippen molar-refractivity contribution >= 4 is 15.9 Å². The van der Waals surface area contributed by atoms with E-state index < -0.39 is 6.43 Å². The van der Waals surface area contributed by atoms with Gasteiger partial charge in [-0.05, 0) is 12.3 Å². The minimum absolute atomic E-state index is 0.0976. The molecule has 0 saturated heterocycles. The minimum Gasteiger partial charge on any atom is -0.297 e. The maximum atomic E-state index is 12.2. The highest BCUT2D eigenvalue weighted by Gasteiger charge is 2.13. The van der Waals surface area contributed by atoms with Crippen LogP contribution in [0.1, 0.15) is 26.7 Å². The van der Waals surface area contributed by atoms with Crippen LogP contribution in [0.2, 0.25) is 0 Å². The van der Waals surface area contributed by atoms with Crippen molar-refractivity contribution in [3.05, 3.63) is 0 Å². The summed E-state index contributed by atoms with van der Waals surface area (Å²) in [7, 11) is 0. The molecule has 1 unspecified atom stereocenters. The van der Waals surface area contributed by atoms with E-state index in [1.54, 1.807) is 0 Å². The molecule has 0 aliphatic heterocycles. The molecule has 0 saturated carbocycles. The quantitative estimate of drug-likeness (QED) is 0.612. The molecule has 0 aromatic heterocycles. The van der Waals surface area contributed by atoms with Crippen LogP contribution >= 0.6 is 15.9 Å². The third kappa shape index (κ3) is 7.68. The summed E-state index contributed by atoms with van der Waals surface area (Å²) < 4.78 is 24.4. The van der Waals surface area contributed by atoms with E-state index in [-0.39, 0.29) is 6.54 Å².